The van der Waals surface area contributed by atoms with E-state index in [4.69, 9.17) is 29.7 Å². The first-order chi connectivity index (χ1) is 32.5. The standard InChI is InChI=1S/C45H81N5O16P2/c1-2-3-4-5-6-7-8-10-14-17-20-23-26-29-36(52)62-32-34(31-51)63-37(53)30-27-24-21-18-15-12-9-11-13-16-19-22-25-28-35-48-42(46)38-43(49-35)50(33-47-38)44-40(55)39(54)41(64-44)45(56)65-68(60,61)66-67(57,58)59/h33-34,39-41,44-45,51,54-56H,2-32H2,1H3,(H,60,61)(H2,46,48,49)(H2,57,58,59)/t34?,39-,40-,41-,44+,45?/m0/s1. The van der Waals surface area contributed by atoms with Gasteiger partial charge in [-0.2, -0.15) is 4.31 Å². The molecule has 1 saturated heterocycles. The fourth-order valence-corrected chi connectivity index (χ4v) is 9.82. The lowest BCUT2D eigenvalue weighted by molar-refractivity contribution is -0.161. The van der Waals surface area contributed by atoms with Crippen molar-refractivity contribution in [2.24, 2.45) is 0 Å². The average molecular weight is 1010 g/mol. The van der Waals surface area contributed by atoms with E-state index in [1.165, 1.54) is 75.1 Å². The minimum atomic E-state index is -5.51. The largest absolute Gasteiger partial charge is 0.483 e. The van der Waals surface area contributed by atoms with Gasteiger partial charge in [-0.3, -0.25) is 18.7 Å². The van der Waals surface area contributed by atoms with E-state index in [0.717, 1.165) is 96.3 Å². The SMILES string of the molecule is CCCCCCCCCCCCCCCC(=O)OCC(CO)OC(=O)CCCCCCCCCCCCCCCc1nc(N)c2ncn([C@@H]3O[C@H](C(O)OP(=O)(O)OP(=O)(O)O)[C@@H](O)[C@@H]3O)c2n1. The summed E-state index contributed by atoms with van der Waals surface area (Å²) in [5.41, 5.74) is 6.49. The molecule has 0 spiro atoms. The number of aliphatic hydroxyl groups excluding tert-OH is 4. The number of phosphoric acid groups is 2. The van der Waals surface area contributed by atoms with E-state index < -0.39 is 52.6 Å². The number of hydrogen-bond donors (Lipinski definition) is 8. The molecular weight excluding hydrogens is 928 g/mol. The normalized spacial score (nSPS) is 19.3. The molecule has 3 unspecified atom stereocenters. The molecule has 3 rings (SSSR count). The molecule has 0 aromatic carbocycles. The van der Waals surface area contributed by atoms with Crippen LogP contribution in [0.2, 0.25) is 0 Å². The first kappa shape index (κ1) is 59.7. The van der Waals surface area contributed by atoms with E-state index in [2.05, 4.69) is 30.7 Å². The van der Waals surface area contributed by atoms with Crippen molar-refractivity contribution in [3.05, 3.63) is 12.2 Å². The van der Waals surface area contributed by atoms with E-state index in [9.17, 15) is 44.0 Å². The molecule has 0 aliphatic carbocycles. The predicted octanol–water partition coefficient (Wildman–Crippen LogP) is 7.50. The quantitative estimate of drug-likeness (QED) is 0.0139. The Morgan fingerprint density at radius 3 is 1.72 bits per heavy atom. The molecule has 1 aliphatic rings. The Morgan fingerprint density at radius 1 is 0.735 bits per heavy atom. The van der Waals surface area contributed by atoms with E-state index in [-0.39, 0.29) is 48.6 Å². The summed E-state index contributed by atoms with van der Waals surface area (Å²) in [5.74, 6) is -0.210. The van der Waals surface area contributed by atoms with Crippen molar-refractivity contribution < 1.29 is 76.9 Å². The Morgan fingerprint density at radius 2 is 1.22 bits per heavy atom. The van der Waals surface area contributed by atoms with Crippen molar-refractivity contribution in [2.75, 3.05) is 18.9 Å². The first-order valence-electron chi connectivity index (χ1n) is 25.0. The lowest BCUT2D eigenvalue weighted by Gasteiger charge is -2.22. The number of nitrogens with two attached hydrogens (primary N) is 1. The molecule has 2 aromatic rings. The van der Waals surface area contributed by atoms with Crippen LogP contribution in [-0.4, -0.2) is 110 Å². The van der Waals surface area contributed by atoms with Crippen molar-refractivity contribution in [1.82, 2.24) is 19.5 Å². The molecule has 0 saturated carbocycles. The van der Waals surface area contributed by atoms with Gasteiger partial charge in [0.25, 0.3) is 0 Å². The van der Waals surface area contributed by atoms with Crippen LogP contribution in [0, 0.1) is 0 Å². The minimum absolute atomic E-state index is 0.0757. The lowest BCUT2D eigenvalue weighted by atomic mass is 10.0. The Hall–Kier alpha value is -2.65. The average Bonchev–Trinajstić information content (AvgIpc) is 3.83. The third kappa shape index (κ3) is 24.0. The van der Waals surface area contributed by atoms with Crippen molar-refractivity contribution in [1.29, 1.82) is 0 Å². The number of rotatable bonds is 40. The van der Waals surface area contributed by atoms with Crippen molar-refractivity contribution in [2.45, 2.75) is 230 Å². The maximum absolute atomic E-state index is 12.3. The molecule has 3 heterocycles. The van der Waals surface area contributed by atoms with E-state index >= 15 is 0 Å². The molecule has 392 valence electrons. The second kappa shape index (κ2) is 33.1. The molecule has 68 heavy (non-hydrogen) atoms. The number of phosphoric ester groups is 1. The van der Waals surface area contributed by atoms with Crippen LogP contribution in [0.25, 0.3) is 11.2 Å². The molecule has 0 radical (unpaired) electrons. The van der Waals surface area contributed by atoms with Crippen molar-refractivity contribution >= 4 is 44.6 Å². The number of aryl methyl sites for hydroxylation is 1. The van der Waals surface area contributed by atoms with Crippen LogP contribution < -0.4 is 5.73 Å². The number of aliphatic hydroxyl groups is 4. The number of carbonyl (C=O) groups excluding carboxylic acids is 2. The number of imidazole rings is 1. The first-order valence-corrected chi connectivity index (χ1v) is 28.0. The zero-order valence-corrected chi connectivity index (χ0v) is 41.8. The number of ether oxygens (including phenoxy) is 3. The van der Waals surface area contributed by atoms with Gasteiger partial charge in [-0.05, 0) is 19.3 Å². The van der Waals surface area contributed by atoms with Gasteiger partial charge in [0.05, 0.1) is 12.9 Å². The molecule has 0 bridgehead atoms. The maximum atomic E-state index is 12.3. The summed E-state index contributed by atoms with van der Waals surface area (Å²) in [6.07, 6.45) is 21.6. The summed E-state index contributed by atoms with van der Waals surface area (Å²) in [7, 11) is -11.0. The molecule has 21 nitrogen and oxygen atoms in total. The second-order valence-corrected chi connectivity index (χ2v) is 20.7. The number of unbranched alkanes of at least 4 members (excludes halogenated alkanes) is 24. The Kier molecular flexibility index (Phi) is 29.0. The van der Waals surface area contributed by atoms with Crippen LogP contribution >= 0.6 is 15.6 Å². The van der Waals surface area contributed by atoms with E-state index in [0.29, 0.717) is 25.1 Å². The molecule has 1 fully saturated rings. The summed E-state index contributed by atoms with van der Waals surface area (Å²) >= 11 is 0. The summed E-state index contributed by atoms with van der Waals surface area (Å²) in [6.45, 7) is 1.73. The number of anilines is 1. The van der Waals surface area contributed by atoms with Crippen LogP contribution in [0.15, 0.2) is 6.33 Å². The van der Waals surface area contributed by atoms with Gasteiger partial charge in [-0.25, -0.2) is 24.1 Å². The maximum Gasteiger partial charge on any atom is 0.483 e. The lowest BCUT2D eigenvalue weighted by Crippen LogP contribution is -2.39. The number of fused-ring (bicyclic) bond motifs is 1. The summed E-state index contributed by atoms with van der Waals surface area (Å²) < 4.78 is 48.2. The third-order valence-electron chi connectivity index (χ3n) is 12.0. The Balaban J connectivity index is 1.17. The van der Waals surface area contributed by atoms with Gasteiger partial charge in [0.15, 0.2) is 30.1 Å². The number of nitrogens with zero attached hydrogens (tertiary/aromatic N) is 4. The number of hydrogen-bond acceptors (Lipinski definition) is 17. The molecule has 7 atom stereocenters. The third-order valence-corrected chi connectivity index (χ3v) is 14.1. The fourth-order valence-electron chi connectivity index (χ4n) is 8.20. The highest BCUT2D eigenvalue weighted by atomic mass is 31.3. The highest BCUT2D eigenvalue weighted by molar-refractivity contribution is 7.60. The van der Waals surface area contributed by atoms with Gasteiger partial charge in [0.2, 0.25) is 0 Å². The molecule has 0 amide bonds. The van der Waals surface area contributed by atoms with Gasteiger partial charge in [0.1, 0.15) is 36.3 Å². The highest BCUT2D eigenvalue weighted by Gasteiger charge is 2.50. The van der Waals surface area contributed by atoms with Crippen LogP contribution in [0.5, 0.6) is 0 Å². The summed E-state index contributed by atoms with van der Waals surface area (Å²) in [6, 6.07) is 0. The summed E-state index contributed by atoms with van der Waals surface area (Å²) in [5, 5.41) is 41.1. The Bertz CT molecular complexity index is 1820. The number of aromatic nitrogens is 4. The minimum Gasteiger partial charge on any atom is -0.462 e. The highest BCUT2D eigenvalue weighted by Crippen LogP contribution is 2.58. The van der Waals surface area contributed by atoms with Crippen LogP contribution in [0.3, 0.4) is 0 Å². The molecule has 2 aromatic heterocycles. The summed E-state index contributed by atoms with van der Waals surface area (Å²) in [4.78, 5) is 64.7. The molecule has 23 heteroatoms. The molecule has 9 N–H and O–H groups in total. The molecule has 1 aliphatic heterocycles. The van der Waals surface area contributed by atoms with Crippen LogP contribution in [0.4, 0.5) is 5.82 Å². The Labute approximate surface area is 401 Å². The number of carbonyl (C=O) groups is 2. The predicted molar refractivity (Wildman–Crippen MR) is 252 cm³/mol. The fraction of sp³-hybridized carbons (Fsp3) is 0.844. The monoisotopic (exact) mass is 1010 g/mol. The van der Waals surface area contributed by atoms with Gasteiger partial charge in [-0.1, -0.05) is 155 Å². The molecular formula is C45H81N5O16P2. The van der Waals surface area contributed by atoms with Gasteiger partial charge in [-0.15, -0.1) is 0 Å². The zero-order chi connectivity index (χ0) is 49.8. The number of nitrogen functional groups attached to an aromatic ring is 1. The smallest absolute Gasteiger partial charge is 0.462 e. The second-order valence-electron chi connectivity index (χ2n) is 17.9. The van der Waals surface area contributed by atoms with Gasteiger partial charge in [0, 0.05) is 19.3 Å². The number of esters is 2. The van der Waals surface area contributed by atoms with Crippen LogP contribution in [0.1, 0.15) is 199 Å². The van der Waals surface area contributed by atoms with Gasteiger partial charge >= 0.3 is 27.6 Å². The zero-order valence-electron chi connectivity index (χ0n) is 40.0. The topological polar surface area (TPSA) is 326 Å². The van der Waals surface area contributed by atoms with E-state index in [1.54, 1.807) is 0 Å². The van der Waals surface area contributed by atoms with Crippen molar-refractivity contribution in [3.63, 3.8) is 0 Å². The van der Waals surface area contributed by atoms with Gasteiger partial charge < -0.3 is 55.1 Å². The van der Waals surface area contributed by atoms with Crippen molar-refractivity contribution in [3.8, 4) is 0 Å². The van der Waals surface area contributed by atoms with Crippen LogP contribution in [-0.2, 0) is 48.2 Å². The van der Waals surface area contributed by atoms with E-state index in [1.807, 2.05) is 0 Å².